The van der Waals surface area contributed by atoms with Crippen LogP contribution in [0.25, 0.3) is 29.6 Å². The minimum absolute atomic E-state index is 0.650. The highest BCUT2D eigenvalue weighted by atomic mass is 35.5. The van der Waals surface area contributed by atoms with Crippen LogP contribution in [0.1, 0.15) is 46.2 Å². The molecule has 224 valence electrons. The number of hydrogen-bond donors (Lipinski definition) is 0. The molecule has 0 amide bonds. The first-order chi connectivity index (χ1) is 21.5. The molecule has 1 fully saturated rings. The topological polar surface area (TPSA) is 15.7 Å². The number of ether oxygens (including phenoxy) is 1. The minimum Gasteiger partial charge on any atom is -0.492 e. The van der Waals surface area contributed by atoms with Crippen LogP contribution in [-0.2, 0) is 4.74 Å². The Morgan fingerprint density at radius 2 is 1.36 bits per heavy atom. The lowest BCUT2D eigenvalue weighted by Crippen LogP contribution is -2.27. The molecule has 0 spiro atoms. The second kappa shape index (κ2) is 14.0. The molecule has 0 N–H and O–H groups in total. The fourth-order valence-electron chi connectivity index (χ4n) is 5.86. The Bertz CT molecular complexity index is 1680. The van der Waals surface area contributed by atoms with Crippen molar-refractivity contribution in [1.29, 1.82) is 0 Å². The predicted molar refractivity (Wildman–Crippen MR) is 189 cm³/mol. The van der Waals surface area contributed by atoms with Gasteiger partial charge in [-0.2, -0.15) is 0 Å². The number of halogens is 1. The predicted octanol–water partition coefficient (Wildman–Crippen LogP) is 9.58. The van der Waals surface area contributed by atoms with Crippen molar-refractivity contribution in [2.75, 3.05) is 47.4 Å². The van der Waals surface area contributed by atoms with Crippen molar-refractivity contribution in [2.45, 2.75) is 22.6 Å². The van der Waals surface area contributed by atoms with E-state index in [0.29, 0.717) is 6.61 Å². The number of fused-ring (bicyclic) bond motifs is 4. The Morgan fingerprint density at radius 1 is 0.750 bits per heavy atom. The summed E-state index contributed by atoms with van der Waals surface area (Å²) in [5.41, 5.74) is 10.8. The van der Waals surface area contributed by atoms with Crippen molar-refractivity contribution in [3.05, 3.63) is 135 Å². The quantitative estimate of drug-likeness (QED) is 0.199. The molecule has 4 aromatic carbocycles. The summed E-state index contributed by atoms with van der Waals surface area (Å²) < 4.78 is 6.06. The van der Waals surface area contributed by atoms with E-state index < -0.39 is 0 Å². The van der Waals surface area contributed by atoms with Crippen LogP contribution in [0.3, 0.4) is 0 Å². The van der Waals surface area contributed by atoms with Gasteiger partial charge in [0.1, 0.15) is 12.4 Å². The van der Waals surface area contributed by atoms with E-state index in [1.807, 2.05) is 26.2 Å². The summed E-state index contributed by atoms with van der Waals surface area (Å²) in [5, 5.41) is 0.729. The van der Waals surface area contributed by atoms with Crippen LogP contribution in [0, 0.1) is 0 Å². The third-order valence-electron chi connectivity index (χ3n) is 8.28. The van der Waals surface area contributed by atoms with Gasteiger partial charge in [-0.25, -0.2) is 0 Å². The van der Waals surface area contributed by atoms with Crippen molar-refractivity contribution in [2.24, 2.45) is 0 Å². The summed E-state index contributed by atoms with van der Waals surface area (Å²) in [5.74, 6) is 0.886. The molecule has 0 saturated carbocycles. The summed E-state index contributed by atoms with van der Waals surface area (Å²) in [6, 6.07) is 32.0. The van der Waals surface area contributed by atoms with Crippen molar-refractivity contribution in [1.82, 2.24) is 9.80 Å². The van der Waals surface area contributed by atoms with Crippen LogP contribution in [-0.4, -0.2) is 57.2 Å². The van der Waals surface area contributed by atoms with Gasteiger partial charge in [-0.05, 0) is 97.7 Å². The van der Waals surface area contributed by atoms with Crippen molar-refractivity contribution in [3.8, 4) is 0 Å². The molecule has 0 unspecified atom stereocenters. The molecule has 3 aliphatic rings. The normalized spacial score (nSPS) is 15.5. The zero-order valence-electron chi connectivity index (χ0n) is 25.7. The third kappa shape index (κ3) is 7.06. The van der Waals surface area contributed by atoms with Gasteiger partial charge in [0.15, 0.2) is 0 Å². The fraction of sp³-hybridized carbons (Fsp3) is 0.231. The maximum atomic E-state index is 6.19. The Hall–Kier alpha value is -3.54. The van der Waals surface area contributed by atoms with Crippen LogP contribution in [0.15, 0.2) is 106 Å². The van der Waals surface area contributed by atoms with Crippen LogP contribution in [0.2, 0.25) is 5.02 Å². The third-order valence-corrected chi connectivity index (χ3v) is 9.68. The molecule has 5 heteroatoms. The van der Waals surface area contributed by atoms with Gasteiger partial charge in [-0.3, -0.25) is 0 Å². The maximum Gasteiger partial charge on any atom is 0.128 e. The van der Waals surface area contributed by atoms with E-state index in [0.717, 1.165) is 36.0 Å². The molecule has 4 aromatic rings. The SMILES string of the molecule is CN(C)CCOC1=Cc2ccccc2Sc2ccc(Cl)cc21.CN1CCC(=C2c3ccccc3C=Cc3ccccc32)CC1. The second-order valence-electron chi connectivity index (χ2n) is 11.7. The van der Waals surface area contributed by atoms with Crippen molar-refractivity contribution in [3.63, 3.8) is 0 Å². The molecule has 1 aliphatic carbocycles. The summed E-state index contributed by atoms with van der Waals surface area (Å²) >= 11 is 7.95. The highest BCUT2D eigenvalue weighted by Gasteiger charge is 2.21. The smallest absolute Gasteiger partial charge is 0.128 e. The lowest BCUT2D eigenvalue weighted by Gasteiger charge is -2.27. The minimum atomic E-state index is 0.650. The molecule has 44 heavy (non-hydrogen) atoms. The lowest BCUT2D eigenvalue weighted by molar-refractivity contribution is 0.233. The number of nitrogens with zero attached hydrogens (tertiary/aromatic N) is 2. The highest BCUT2D eigenvalue weighted by Crippen LogP contribution is 2.42. The standard InChI is InChI=1S/C21H21N.C18H18ClNOS/c1-22-14-12-18(13-15-22)21-19-8-4-2-6-16(19)10-11-17-7-3-5-9-20(17)21;1-20(2)9-10-21-16-11-13-5-3-4-6-17(13)22-18-8-7-14(19)12-15(16)18/h2-11H,12-15H2,1H3;3-8,11-12H,9-10H2,1-2H3. The Balaban J connectivity index is 0.000000156. The van der Waals surface area contributed by atoms with E-state index in [1.54, 1.807) is 17.3 Å². The molecule has 0 aromatic heterocycles. The molecule has 0 atom stereocenters. The Morgan fingerprint density at radius 3 is 2.02 bits per heavy atom. The van der Waals surface area contributed by atoms with Crippen LogP contribution < -0.4 is 0 Å². The molecule has 1 saturated heterocycles. The Labute approximate surface area is 271 Å². The molecule has 3 nitrogen and oxygen atoms in total. The summed E-state index contributed by atoms with van der Waals surface area (Å²) in [7, 11) is 6.31. The van der Waals surface area contributed by atoms with Gasteiger partial charge in [-0.1, -0.05) is 108 Å². The average Bonchev–Trinajstić information content (AvgIpc) is 3.30. The van der Waals surface area contributed by atoms with E-state index >= 15 is 0 Å². The van der Waals surface area contributed by atoms with Gasteiger partial charge >= 0.3 is 0 Å². The number of benzene rings is 4. The first kappa shape index (κ1) is 30.5. The lowest BCUT2D eigenvalue weighted by atomic mass is 9.86. The molecule has 2 aliphatic heterocycles. The highest BCUT2D eigenvalue weighted by molar-refractivity contribution is 7.99. The van der Waals surface area contributed by atoms with Crippen molar-refractivity contribution < 1.29 is 4.74 Å². The van der Waals surface area contributed by atoms with Gasteiger partial charge in [0, 0.05) is 40.0 Å². The number of piperidine rings is 1. The van der Waals surface area contributed by atoms with Crippen molar-refractivity contribution >= 4 is 52.9 Å². The van der Waals surface area contributed by atoms with E-state index in [1.165, 1.54) is 56.0 Å². The van der Waals surface area contributed by atoms with Crippen LogP contribution in [0.5, 0.6) is 0 Å². The maximum absolute atomic E-state index is 6.19. The molecule has 2 heterocycles. The molecule has 0 bridgehead atoms. The van der Waals surface area contributed by atoms with Crippen LogP contribution >= 0.6 is 23.4 Å². The Kier molecular flexibility index (Phi) is 9.73. The molecule has 7 rings (SSSR count). The van der Waals surface area contributed by atoms with E-state index in [9.17, 15) is 0 Å². The summed E-state index contributed by atoms with van der Waals surface area (Å²) in [6.07, 6.45) is 8.98. The molecule has 0 radical (unpaired) electrons. The number of likely N-dealkylation sites (tertiary alicyclic amines) is 1. The van der Waals surface area contributed by atoms with E-state index in [4.69, 9.17) is 16.3 Å². The van der Waals surface area contributed by atoms with Gasteiger partial charge < -0.3 is 14.5 Å². The zero-order chi connectivity index (χ0) is 30.5. The molecular formula is C39H39ClN2OS. The first-order valence-corrected chi connectivity index (χ1v) is 16.5. The van der Waals surface area contributed by atoms with E-state index in [2.05, 4.69) is 114 Å². The largest absolute Gasteiger partial charge is 0.492 e. The first-order valence-electron chi connectivity index (χ1n) is 15.3. The molecular weight excluding hydrogens is 580 g/mol. The average molecular weight is 619 g/mol. The van der Waals surface area contributed by atoms with Gasteiger partial charge in [0.2, 0.25) is 0 Å². The fourth-order valence-corrected chi connectivity index (χ4v) is 7.06. The van der Waals surface area contributed by atoms with Gasteiger partial charge in [0.25, 0.3) is 0 Å². The summed E-state index contributed by atoms with van der Waals surface area (Å²) in [4.78, 5) is 6.94. The second-order valence-corrected chi connectivity index (χ2v) is 13.3. The van der Waals surface area contributed by atoms with Crippen LogP contribution in [0.4, 0.5) is 0 Å². The number of likely N-dealkylation sites (N-methyl/N-ethyl adjacent to an activating group) is 1. The van der Waals surface area contributed by atoms with Gasteiger partial charge in [0.05, 0.1) is 0 Å². The van der Waals surface area contributed by atoms with Gasteiger partial charge in [-0.15, -0.1) is 0 Å². The number of hydrogen-bond acceptors (Lipinski definition) is 4. The zero-order valence-corrected chi connectivity index (χ0v) is 27.3. The van der Waals surface area contributed by atoms with E-state index in [-0.39, 0.29) is 0 Å². The summed E-state index contributed by atoms with van der Waals surface area (Å²) in [6.45, 7) is 3.85. The number of rotatable bonds is 4. The monoisotopic (exact) mass is 618 g/mol.